The van der Waals surface area contributed by atoms with Crippen molar-refractivity contribution in [1.82, 2.24) is 19.3 Å². The smallest absolute Gasteiger partial charge is 0.178 e. The van der Waals surface area contributed by atoms with Crippen LogP contribution in [0.1, 0.15) is 17.0 Å². The summed E-state index contributed by atoms with van der Waals surface area (Å²) in [5.41, 5.74) is 3.54. The van der Waals surface area contributed by atoms with E-state index in [9.17, 15) is 4.79 Å². The Kier molecular flexibility index (Phi) is 5.53. The largest absolute Gasteiger partial charge is 0.353 e. The van der Waals surface area contributed by atoms with Crippen LogP contribution in [0.5, 0.6) is 0 Å². The average Bonchev–Trinajstić information content (AvgIpc) is 3.11. The summed E-state index contributed by atoms with van der Waals surface area (Å²) in [4.78, 5) is 26.1. The minimum atomic E-state index is -0.0866. The summed E-state index contributed by atoms with van der Waals surface area (Å²) in [5.74, 6) is 0.957. The van der Waals surface area contributed by atoms with Gasteiger partial charge in [-0.15, -0.1) is 0 Å². The molecule has 0 radical (unpaired) electrons. The third-order valence-electron chi connectivity index (χ3n) is 5.19. The van der Waals surface area contributed by atoms with Crippen molar-refractivity contribution in [1.29, 1.82) is 0 Å². The lowest BCUT2D eigenvalue weighted by Gasteiger charge is -2.33. The summed E-state index contributed by atoms with van der Waals surface area (Å²) in [6.45, 7) is 5.87. The number of anilines is 1. The number of allylic oxidation sites excluding steroid dienone is 2. The van der Waals surface area contributed by atoms with Gasteiger partial charge in [-0.2, -0.15) is 0 Å². The molecule has 3 aromatic rings. The number of carbonyl (C=O) groups excluding carboxylic acids is 1. The Labute approximate surface area is 170 Å². The molecule has 0 amide bonds. The van der Waals surface area contributed by atoms with Gasteiger partial charge < -0.3 is 9.80 Å². The van der Waals surface area contributed by atoms with E-state index in [4.69, 9.17) is 4.98 Å². The molecule has 1 fully saturated rings. The molecule has 0 aromatic carbocycles. The molecule has 1 saturated heterocycles. The lowest BCUT2D eigenvalue weighted by molar-refractivity contribution is -0.110. The molecule has 3 aromatic heterocycles. The van der Waals surface area contributed by atoms with Gasteiger partial charge in [0.25, 0.3) is 0 Å². The molecule has 29 heavy (non-hydrogen) atoms. The number of piperazine rings is 1. The van der Waals surface area contributed by atoms with E-state index >= 15 is 0 Å². The molecular formula is C23H25N5O. The summed E-state index contributed by atoms with van der Waals surface area (Å²) >= 11 is 0. The molecule has 0 bridgehead atoms. The second-order valence-corrected chi connectivity index (χ2v) is 7.31. The first-order valence-corrected chi connectivity index (χ1v) is 9.84. The fraction of sp³-hybridized carbons (Fsp3) is 0.261. The van der Waals surface area contributed by atoms with Gasteiger partial charge in [0.1, 0.15) is 17.2 Å². The van der Waals surface area contributed by atoms with Gasteiger partial charge >= 0.3 is 0 Å². The first kappa shape index (κ1) is 19.1. The summed E-state index contributed by atoms with van der Waals surface area (Å²) in [6.07, 6.45) is 10.5. The number of ketones is 1. The second-order valence-electron chi connectivity index (χ2n) is 7.31. The van der Waals surface area contributed by atoms with Crippen LogP contribution in [0.4, 0.5) is 5.82 Å². The van der Waals surface area contributed by atoms with E-state index in [2.05, 4.69) is 26.2 Å². The molecule has 4 rings (SSSR count). The topological polar surface area (TPSA) is 53.7 Å². The molecule has 4 heterocycles. The molecule has 1 aliphatic rings. The van der Waals surface area contributed by atoms with Gasteiger partial charge in [0, 0.05) is 38.6 Å². The Balaban J connectivity index is 1.59. The van der Waals surface area contributed by atoms with E-state index in [1.165, 1.54) is 0 Å². The average molecular weight is 387 g/mol. The Morgan fingerprint density at radius 3 is 2.52 bits per heavy atom. The molecule has 6 heteroatoms. The number of likely N-dealkylation sites (N-methyl/N-ethyl adjacent to an activating group) is 1. The van der Waals surface area contributed by atoms with E-state index < -0.39 is 0 Å². The number of carbonyl (C=O) groups is 1. The Morgan fingerprint density at radius 2 is 1.76 bits per heavy atom. The van der Waals surface area contributed by atoms with Crippen molar-refractivity contribution in [2.75, 3.05) is 38.1 Å². The SMILES string of the molecule is Cc1cccnc1/C=C/C(=O)/C=C/c1nc2ccccn2c1N1CCN(C)CC1. The van der Waals surface area contributed by atoms with E-state index in [1.54, 1.807) is 24.4 Å². The van der Waals surface area contributed by atoms with Gasteiger partial charge in [-0.05, 0) is 62.0 Å². The number of pyridine rings is 2. The number of hydrogen-bond acceptors (Lipinski definition) is 5. The number of aryl methyl sites for hydroxylation is 1. The maximum atomic E-state index is 12.4. The molecule has 0 N–H and O–H groups in total. The highest BCUT2D eigenvalue weighted by Gasteiger charge is 2.20. The van der Waals surface area contributed by atoms with Crippen molar-refractivity contribution < 1.29 is 4.79 Å². The summed E-state index contributed by atoms with van der Waals surface area (Å²) in [5, 5.41) is 0. The van der Waals surface area contributed by atoms with Crippen molar-refractivity contribution in [2.45, 2.75) is 6.92 Å². The number of hydrogen-bond donors (Lipinski definition) is 0. The molecule has 0 saturated carbocycles. The predicted molar refractivity (Wildman–Crippen MR) is 117 cm³/mol. The first-order valence-electron chi connectivity index (χ1n) is 9.84. The fourth-order valence-electron chi connectivity index (χ4n) is 3.50. The maximum absolute atomic E-state index is 12.4. The quantitative estimate of drug-likeness (QED) is 0.630. The third kappa shape index (κ3) is 4.27. The van der Waals surface area contributed by atoms with Crippen LogP contribution in [-0.4, -0.2) is 58.3 Å². The van der Waals surface area contributed by atoms with E-state index in [1.807, 2.05) is 49.5 Å². The number of imidazole rings is 1. The highest BCUT2D eigenvalue weighted by Crippen LogP contribution is 2.25. The van der Waals surface area contributed by atoms with Crippen LogP contribution in [0.25, 0.3) is 17.8 Å². The zero-order chi connectivity index (χ0) is 20.2. The molecule has 148 valence electrons. The molecular weight excluding hydrogens is 362 g/mol. The second kappa shape index (κ2) is 8.41. The Bertz CT molecular complexity index is 1070. The van der Waals surface area contributed by atoms with Gasteiger partial charge in [-0.1, -0.05) is 12.1 Å². The monoisotopic (exact) mass is 387 g/mol. The number of fused-ring (bicyclic) bond motifs is 1. The van der Waals surface area contributed by atoms with E-state index in [0.717, 1.165) is 54.6 Å². The normalized spacial score (nSPS) is 15.7. The lowest BCUT2D eigenvalue weighted by Crippen LogP contribution is -2.45. The minimum Gasteiger partial charge on any atom is -0.353 e. The molecule has 0 aliphatic carbocycles. The molecule has 1 aliphatic heterocycles. The van der Waals surface area contributed by atoms with Gasteiger partial charge in [-0.3, -0.25) is 14.2 Å². The van der Waals surface area contributed by atoms with Crippen LogP contribution < -0.4 is 4.90 Å². The van der Waals surface area contributed by atoms with Gasteiger partial charge in [-0.25, -0.2) is 4.98 Å². The zero-order valence-electron chi connectivity index (χ0n) is 16.8. The van der Waals surface area contributed by atoms with E-state index in [0.29, 0.717) is 0 Å². The number of nitrogens with zero attached hydrogens (tertiary/aromatic N) is 5. The highest BCUT2D eigenvalue weighted by atomic mass is 16.1. The highest BCUT2D eigenvalue weighted by molar-refractivity contribution is 6.04. The van der Waals surface area contributed by atoms with Crippen LogP contribution in [0.15, 0.2) is 54.9 Å². The Hall–Kier alpha value is -3.25. The summed E-state index contributed by atoms with van der Waals surface area (Å²) < 4.78 is 2.10. The van der Waals surface area contributed by atoms with Crippen molar-refractivity contribution in [3.05, 3.63) is 71.8 Å². The molecule has 0 atom stereocenters. The van der Waals surface area contributed by atoms with Crippen LogP contribution in [-0.2, 0) is 4.79 Å². The van der Waals surface area contributed by atoms with Crippen molar-refractivity contribution >= 4 is 29.4 Å². The van der Waals surface area contributed by atoms with Gasteiger partial charge in [0.15, 0.2) is 5.78 Å². The van der Waals surface area contributed by atoms with Crippen molar-refractivity contribution in [2.24, 2.45) is 0 Å². The fourth-order valence-corrected chi connectivity index (χ4v) is 3.50. The zero-order valence-corrected chi connectivity index (χ0v) is 16.8. The minimum absolute atomic E-state index is 0.0866. The van der Waals surface area contributed by atoms with Crippen LogP contribution >= 0.6 is 0 Å². The predicted octanol–water partition coefficient (Wildman–Crippen LogP) is 3.09. The first-order chi connectivity index (χ1) is 14.1. The molecule has 6 nitrogen and oxygen atoms in total. The molecule has 0 unspecified atom stereocenters. The maximum Gasteiger partial charge on any atom is 0.178 e. The lowest BCUT2D eigenvalue weighted by atomic mass is 10.2. The van der Waals surface area contributed by atoms with Crippen molar-refractivity contribution in [3.8, 4) is 0 Å². The number of aromatic nitrogens is 3. The van der Waals surface area contributed by atoms with Gasteiger partial charge in [0.05, 0.1) is 5.69 Å². The summed E-state index contributed by atoms with van der Waals surface area (Å²) in [6, 6.07) is 9.84. The van der Waals surface area contributed by atoms with Crippen molar-refractivity contribution in [3.63, 3.8) is 0 Å². The molecule has 0 spiro atoms. The Morgan fingerprint density at radius 1 is 1.00 bits per heavy atom. The summed E-state index contributed by atoms with van der Waals surface area (Å²) in [7, 11) is 2.14. The van der Waals surface area contributed by atoms with Gasteiger partial charge in [0.2, 0.25) is 0 Å². The standard InChI is InChI=1S/C23H25N5O/c1-18-6-5-12-24-20(18)10-8-19(29)9-11-21-23(27-16-14-26(2)15-17-27)28-13-4-3-7-22(28)25-21/h3-13H,14-17H2,1-2H3/b10-8+,11-9+. The third-order valence-corrected chi connectivity index (χ3v) is 5.19. The van der Waals surface area contributed by atoms with Crippen LogP contribution in [0.2, 0.25) is 0 Å². The van der Waals surface area contributed by atoms with Crippen LogP contribution in [0, 0.1) is 6.92 Å². The van der Waals surface area contributed by atoms with Crippen LogP contribution in [0.3, 0.4) is 0 Å². The number of rotatable bonds is 5. The van der Waals surface area contributed by atoms with E-state index in [-0.39, 0.29) is 5.78 Å².